The van der Waals surface area contributed by atoms with Crippen LogP contribution in [-0.4, -0.2) is 22.8 Å². The average molecular weight is 507 g/mol. The molecule has 3 aliphatic rings. The molecule has 2 unspecified atom stereocenters. The van der Waals surface area contributed by atoms with Crippen molar-refractivity contribution >= 4 is 29.0 Å². The number of hydrogen-bond donors (Lipinski definition) is 1. The molecule has 7 nitrogen and oxygen atoms in total. The molecule has 0 saturated heterocycles. The number of Topliss-reactive ketones (excluding diaryl/α,β-unsaturated/α-hetero) is 1. The van der Waals surface area contributed by atoms with E-state index in [1.165, 1.54) is 12.1 Å². The fourth-order valence-corrected chi connectivity index (χ4v) is 5.78. The van der Waals surface area contributed by atoms with Crippen LogP contribution in [0.15, 0.2) is 71.1 Å². The zero-order valence-corrected chi connectivity index (χ0v) is 20.7. The maximum absolute atomic E-state index is 13.7. The quantitative estimate of drug-likeness (QED) is 0.299. The van der Waals surface area contributed by atoms with E-state index in [4.69, 9.17) is 16.3 Å². The summed E-state index contributed by atoms with van der Waals surface area (Å²) in [5, 5.41) is 15.5. The summed E-state index contributed by atoms with van der Waals surface area (Å²) < 4.78 is 5.85. The summed E-state index contributed by atoms with van der Waals surface area (Å²) in [6, 6.07) is 13.7. The van der Waals surface area contributed by atoms with E-state index in [0.717, 1.165) is 36.9 Å². The van der Waals surface area contributed by atoms with Gasteiger partial charge in [-0.05, 0) is 68.2 Å². The van der Waals surface area contributed by atoms with Gasteiger partial charge in [-0.1, -0.05) is 35.9 Å². The zero-order valence-electron chi connectivity index (χ0n) is 20.0. The molecular weight excluding hydrogens is 480 g/mol. The molecular formula is C28H27ClN2O5. The molecule has 1 heterocycles. The van der Waals surface area contributed by atoms with E-state index in [2.05, 4.69) is 5.32 Å². The Kier molecular flexibility index (Phi) is 6.67. The SMILES string of the molecule is CC1=C(C(=O)OC2CCCC2)C(c2cccc([N+](=O)[O-])c2)C2=C(CC(c3ccc(Cl)cc3)CC2=O)N1. The Morgan fingerprint density at radius 2 is 1.81 bits per heavy atom. The first kappa shape index (κ1) is 24.3. The number of dihydropyridines is 1. The minimum atomic E-state index is -0.728. The lowest BCUT2D eigenvalue weighted by Crippen LogP contribution is -2.36. The monoisotopic (exact) mass is 506 g/mol. The van der Waals surface area contributed by atoms with E-state index in [0.29, 0.717) is 33.9 Å². The Morgan fingerprint density at radius 1 is 1.08 bits per heavy atom. The third kappa shape index (κ3) is 4.67. The first-order chi connectivity index (χ1) is 17.3. The van der Waals surface area contributed by atoms with Crippen LogP contribution in [0.3, 0.4) is 0 Å². The number of nitrogens with zero attached hydrogens (tertiary/aromatic N) is 1. The molecule has 0 amide bonds. The Balaban J connectivity index is 1.56. The van der Waals surface area contributed by atoms with Crippen LogP contribution in [0, 0.1) is 10.1 Å². The van der Waals surface area contributed by atoms with E-state index in [-0.39, 0.29) is 29.9 Å². The lowest BCUT2D eigenvalue weighted by Gasteiger charge is -2.37. The summed E-state index contributed by atoms with van der Waals surface area (Å²) in [5.74, 6) is -1.32. The average Bonchev–Trinajstić information content (AvgIpc) is 3.36. The van der Waals surface area contributed by atoms with Gasteiger partial charge in [0.05, 0.1) is 10.5 Å². The number of nitrogens with one attached hydrogen (secondary N) is 1. The van der Waals surface area contributed by atoms with Crippen LogP contribution in [0.5, 0.6) is 0 Å². The maximum atomic E-state index is 13.7. The molecule has 2 aromatic rings. The second-order valence-corrected chi connectivity index (χ2v) is 10.2. The third-order valence-corrected chi connectivity index (χ3v) is 7.63. The van der Waals surface area contributed by atoms with Gasteiger partial charge in [0.25, 0.3) is 5.69 Å². The van der Waals surface area contributed by atoms with Crippen molar-refractivity contribution in [2.75, 3.05) is 0 Å². The van der Waals surface area contributed by atoms with Gasteiger partial charge in [0.1, 0.15) is 6.10 Å². The summed E-state index contributed by atoms with van der Waals surface area (Å²) in [5.41, 5.74) is 3.66. The highest BCUT2D eigenvalue weighted by Crippen LogP contribution is 2.46. The normalized spacial score (nSPS) is 22.3. The number of hydrogen-bond acceptors (Lipinski definition) is 6. The molecule has 0 spiro atoms. The number of ether oxygens (including phenoxy) is 1. The summed E-state index contributed by atoms with van der Waals surface area (Å²) in [4.78, 5) is 38.2. The molecule has 36 heavy (non-hydrogen) atoms. The number of allylic oxidation sites excluding steroid dienone is 3. The van der Waals surface area contributed by atoms with E-state index in [1.54, 1.807) is 19.1 Å². The number of nitro benzene ring substituents is 1. The minimum absolute atomic E-state index is 0.0356. The fourth-order valence-electron chi connectivity index (χ4n) is 5.65. The van der Waals surface area contributed by atoms with Crippen molar-refractivity contribution in [1.29, 1.82) is 0 Å². The molecule has 0 radical (unpaired) electrons. The highest BCUT2D eigenvalue weighted by atomic mass is 35.5. The van der Waals surface area contributed by atoms with E-state index in [1.807, 2.05) is 24.3 Å². The van der Waals surface area contributed by atoms with Crippen LogP contribution < -0.4 is 5.32 Å². The molecule has 8 heteroatoms. The van der Waals surface area contributed by atoms with Crippen LogP contribution in [0.2, 0.25) is 5.02 Å². The van der Waals surface area contributed by atoms with Crippen molar-refractivity contribution < 1.29 is 19.2 Å². The van der Waals surface area contributed by atoms with E-state index >= 15 is 0 Å². The summed E-state index contributed by atoms with van der Waals surface area (Å²) in [6.45, 7) is 1.80. The van der Waals surface area contributed by atoms with E-state index in [9.17, 15) is 19.7 Å². The van der Waals surface area contributed by atoms with Crippen LogP contribution in [0.25, 0.3) is 0 Å². The fraction of sp³-hybridized carbons (Fsp3) is 0.357. The molecule has 186 valence electrons. The number of non-ortho nitro benzene ring substituents is 1. The van der Waals surface area contributed by atoms with Crippen molar-refractivity contribution in [3.8, 4) is 0 Å². The number of ketones is 1. The highest BCUT2D eigenvalue weighted by Gasteiger charge is 2.42. The number of carbonyl (C=O) groups excluding carboxylic acids is 2. The number of esters is 1. The van der Waals surface area contributed by atoms with Gasteiger partial charge < -0.3 is 10.1 Å². The van der Waals surface area contributed by atoms with Crippen LogP contribution in [0.4, 0.5) is 5.69 Å². The Labute approximate surface area is 214 Å². The topological polar surface area (TPSA) is 98.5 Å². The summed E-state index contributed by atoms with van der Waals surface area (Å²) in [7, 11) is 0. The standard InChI is InChI=1S/C28H27ClN2O5/c1-16-25(28(33)36-22-7-2-3-8-22)26(18-5-4-6-21(13-18)31(34)35)27-23(30-16)14-19(15-24(27)32)17-9-11-20(29)12-10-17/h4-6,9-13,19,22,26,30H,2-3,7-8,14-15H2,1H3. The lowest BCUT2D eigenvalue weighted by atomic mass is 9.71. The second kappa shape index (κ2) is 9.90. The van der Waals surface area contributed by atoms with Gasteiger partial charge in [0.2, 0.25) is 0 Å². The second-order valence-electron chi connectivity index (χ2n) is 9.73. The number of halogens is 1. The van der Waals surface area contributed by atoms with Crippen LogP contribution in [-0.2, 0) is 14.3 Å². The van der Waals surface area contributed by atoms with Crippen molar-refractivity contribution in [2.45, 2.75) is 63.4 Å². The Bertz CT molecular complexity index is 1290. The Hall–Kier alpha value is -3.45. The third-order valence-electron chi connectivity index (χ3n) is 7.38. The van der Waals surface area contributed by atoms with Crippen molar-refractivity contribution in [2.24, 2.45) is 0 Å². The maximum Gasteiger partial charge on any atom is 0.337 e. The first-order valence-corrected chi connectivity index (χ1v) is 12.6. The largest absolute Gasteiger partial charge is 0.459 e. The van der Waals surface area contributed by atoms with Gasteiger partial charge in [-0.15, -0.1) is 0 Å². The van der Waals surface area contributed by atoms with Gasteiger partial charge in [0, 0.05) is 46.5 Å². The molecule has 1 aliphatic heterocycles. The van der Waals surface area contributed by atoms with Crippen molar-refractivity contribution in [3.05, 3.63) is 97.3 Å². The number of rotatable bonds is 5. The molecule has 2 aromatic carbocycles. The number of nitro groups is 1. The van der Waals surface area contributed by atoms with Crippen LogP contribution in [0.1, 0.15) is 68.4 Å². The number of benzene rings is 2. The zero-order chi connectivity index (χ0) is 25.4. The molecule has 0 bridgehead atoms. The predicted molar refractivity (Wildman–Crippen MR) is 135 cm³/mol. The van der Waals surface area contributed by atoms with Gasteiger partial charge in [0.15, 0.2) is 5.78 Å². The molecule has 2 atom stereocenters. The predicted octanol–water partition coefficient (Wildman–Crippen LogP) is 6.10. The van der Waals surface area contributed by atoms with Gasteiger partial charge >= 0.3 is 5.97 Å². The van der Waals surface area contributed by atoms with Crippen LogP contribution >= 0.6 is 11.6 Å². The molecule has 0 aromatic heterocycles. The van der Waals surface area contributed by atoms with Gasteiger partial charge in [-0.3, -0.25) is 14.9 Å². The molecule has 5 rings (SSSR count). The van der Waals surface area contributed by atoms with Crippen molar-refractivity contribution in [3.63, 3.8) is 0 Å². The lowest BCUT2D eigenvalue weighted by molar-refractivity contribution is -0.384. The minimum Gasteiger partial charge on any atom is -0.459 e. The first-order valence-electron chi connectivity index (χ1n) is 12.3. The van der Waals surface area contributed by atoms with E-state index < -0.39 is 16.8 Å². The molecule has 2 aliphatic carbocycles. The van der Waals surface area contributed by atoms with Gasteiger partial charge in [-0.25, -0.2) is 4.79 Å². The summed E-state index contributed by atoms with van der Waals surface area (Å²) >= 11 is 6.05. The highest BCUT2D eigenvalue weighted by molar-refractivity contribution is 6.30. The Morgan fingerprint density at radius 3 is 2.50 bits per heavy atom. The summed E-state index contributed by atoms with van der Waals surface area (Å²) in [6.07, 6.45) is 4.39. The molecule has 1 N–H and O–H groups in total. The number of carbonyl (C=O) groups is 2. The van der Waals surface area contributed by atoms with Gasteiger partial charge in [-0.2, -0.15) is 0 Å². The van der Waals surface area contributed by atoms with Crippen molar-refractivity contribution in [1.82, 2.24) is 5.32 Å². The molecule has 1 fully saturated rings. The molecule has 1 saturated carbocycles. The smallest absolute Gasteiger partial charge is 0.337 e.